The Kier molecular flexibility index (Phi) is 3.98. The maximum Gasteiger partial charge on any atom is 0.410 e. The van der Waals surface area contributed by atoms with Gasteiger partial charge in [0.2, 0.25) is 0 Å². The van der Waals surface area contributed by atoms with E-state index in [2.05, 4.69) is 4.74 Å². The molecule has 98 valence electrons. The van der Waals surface area contributed by atoms with Crippen LogP contribution >= 0.6 is 0 Å². The summed E-state index contributed by atoms with van der Waals surface area (Å²) in [5.41, 5.74) is -0.592. The minimum absolute atomic E-state index is 0.0919. The average molecular weight is 245 g/mol. The Morgan fingerprint density at radius 1 is 1.29 bits per heavy atom. The number of amides is 1. The largest absolute Gasteiger partial charge is 0.469 e. The molecule has 1 fully saturated rings. The number of methoxy groups -OCH3 is 1. The van der Waals surface area contributed by atoms with E-state index in [1.54, 1.807) is 20.8 Å². The Labute approximate surface area is 100 Å². The van der Waals surface area contributed by atoms with E-state index >= 15 is 0 Å². The second-order valence-corrected chi connectivity index (χ2v) is 5.08. The van der Waals surface area contributed by atoms with Gasteiger partial charge in [-0.05, 0) is 20.8 Å². The number of aliphatic hydroxyl groups excluding tert-OH is 1. The van der Waals surface area contributed by atoms with Crippen molar-refractivity contribution in [2.45, 2.75) is 32.5 Å². The number of carbonyl (C=O) groups is 2. The van der Waals surface area contributed by atoms with E-state index in [4.69, 9.17) is 4.74 Å². The molecule has 6 heteroatoms. The number of carbonyl (C=O) groups excluding carboxylic acids is 2. The SMILES string of the molecule is COC(=O)C1CN(C(=O)OC(C)(C)C)CC1O. The van der Waals surface area contributed by atoms with Gasteiger partial charge in [-0.25, -0.2) is 4.79 Å². The number of hydrogen-bond donors (Lipinski definition) is 1. The second-order valence-electron chi connectivity index (χ2n) is 5.08. The van der Waals surface area contributed by atoms with Gasteiger partial charge in [0.1, 0.15) is 11.5 Å². The fourth-order valence-corrected chi connectivity index (χ4v) is 1.65. The van der Waals surface area contributed by atoms with E-state index in [0.717, 1.165) is 0 Å². The van der Waals surface area contributed by atoms with Crippen LogP contribution in [-0.4, -0.2) is 54.0 Å². The molecule has 17 heavy (non-hydrogen) atoms. The fraction of sp³-hybridized carbons (Fsp3) is 0.818. The van der Waals surface area contributed by atoms with Crippen molar-refractivity contribution in [2.75, 3.05) is 20.2 Å². The molecule has 1 aliphatic rings. The predicted molar refractivity (Wildman–Crippen MR) is 59.3 cm³/mol. The number of nitrogens with zero attached hydrogens (tertiary/aromatic N) is 1. The maximum absolute atomic E-state index is 11.7. The first-order valence-corrected chi connectivity index (χ1v) is 5.48. The van der Waals surface area contributed by atoms with Gasteiger partial charge in [0.25, 0.3) is 0 Å². The number of esters is 1. The third kappa shape index (κ3) is 3.59. The lowest BCUT2D eigenvalue weighted by molar-refractivity contribution is -0.147. The van der Waals surface area contributed by atoms with Crippen LogP contribution in [0.1, 0.15) is 20.8 Å². The second kappa shape index (κ2) is 4.91. The zero-order valence-corrected chi connectivity index (χ0v) is 10.6. The van der Waals surface area contributed by atoms with Crippen molar-refractivity contribution >= 4 is 12.1 Å². The summed E-state index contributed by atoms with van der Waals surface area (Å²) in [5, 5.41) is 9.66. The predicted octanol–water partition coefficient (Wildman–Crippen LogP) is 0.387. The lowest BCUT2D eigenvalue weighted by atomic mass is 10.1. The third-order valence-corrected chi connectivity index (χ3v) is 2.44. The van der Waals surface area contributed by atoms with E-state index in [-0.39, 0.29) is 13.1 Å². The summed E-state index contributed by atoms with van der Waals surface area (Å²) in [6, 6.07) is 0. The maximum atomic E-state index is 11.7. The minimum atomic E-state index is -0.894. The highest BCUT2D eigenvalue weighted by Crippen LogP contribution is 2.20. The Balaban J connectivity index is 2.60. The summed E-state index contributed by atoms with van der Waals surface area (Å²) in [4.78, 5) is 24.3. The standard InChI is InChI=1S/C11H19NO5/c1-11(2,3)17-10(15)12-5-7(8(13)6-12)9(14)16-4/h7-8,13H,5-6H2,1-4H3. The molecule has 1 heterocycles. The summed E-state index contributed by atoms with van der Waals surface area (Å²) in [7, 11) is 1.26. The van der Waals surface area contributed by atoms with Gasteiger partial charge in [-0.15, -0.1) is 0 Å². The van der Waals surface area contributed by atoms with E-state index in [9.17, 15) is 14.7 Å². The molecule has 1 aliphatic heterocycles. The smallest absolute Gasteiger partial charge is 0.410 e. The molecule has 1 amide bonds. The Hall–Kier alpha value is -1.30. The Bertz CT molecular complexity index is 309. The highest BCUT2D eigenvalue weighted by Gasteiger charge is 2.40. The fourth-order valence-electron chi connectivity index (χ4n) is 1.65. The summed E-state index contributed by atoms with van der Waals surface area (Å²) in [6.45, 7) is 5.50. The molecule has 0 bridgehead atoms. The molecular formula is C11H19NO5. The first kappa shape index (κ1) is 13.8. The van der Waals surface area contributed by atoms with Crippen LogP contribution in [0.2, 0.25) is 0 Å². The Morgan fingerprint density at radius 2 is 1.88 bits per heavy atom. The molecular weight excluding hydrogens is 226 g/mol. The normalized spacial score (nSPS) is 24.6. The van der Waals surface area contributed by atoms with Gasteiger partial charge in [0.05, 0.1) is 19.8 Å². The van der Waals surface area contributed by atoms with Gasteiger partial charge < -0.3 is 19.5 Å². The quantitative estimate of drug-likeness (QED) is 0.676. The topological polar surface area (TPSA) is 76.1 Å². The molecule has 0 aliphatic carbocycles. The van der Waals surface area contributed by atoms with Crippen molar-refractivity contribution in [3.05, 3.63) is 0 Å². The molecule has 2 unspecified atom stereocenters. The van der Waals surface area contributed by atoms with Crippen LogP contribution in [0.5, 0.6) is 0 Å². The summed E-state index contributed by atoms with van der Waals surface area (Å²) in [5.74, 6) is -1.20. The van der Waals surface area contributed by atoms with Gasteiger partial charge in [-0.1, -0.05) is 0 Å². The molecule has 0 saturated carbocycles. The number of ether oxygens (including phenoxy) is 2. The lowest BCUT2D eigenvalue weighted by Crippen LogP contribution is -2.36. The molecule has 0 aromatic heterocycles. The molecule has 0 aromatic rings. The van der Waals surface area contributed by atoms with E-state index < -0.39 is 29.7 Å². The summed E-state index contributed by atoms with van der Waals surface area (Å²) in [6.07, 6.45) is -1.42. The number of rotatable bonds is 1. The van der Waals surface area contributed by atoms with Crippen LogP contribution in [-0.2, 0) is 14.3 Å². The van der Waals surface area contributed by atoms with Crippen LogP contribution in [0.15, 0.2) is 0 Å². The van der Waals surface area contributed by atoms with Crippen molar-refractivity contribution < 1.29 is 24.2 Å². The van der Waals surface area contributed by atoms with Crippen molar-refractivity contribution in [1.82, 2.24) is 4.90 Å². The van der Waals surface area contributed by atoms with E-state index in [1.807, 2.05) is 0 Å². The number of β-amino-alcohol motifs (C(OH)–C–C–N with tert-alkyl or cyclic N) is 1. The number of hydrogen-bond acceptors (Lipinski definition) is 5. The molecule has 1 saturated heterocycles. The van der Waals surface area contributed by atoms with Crippen molar-refractivity contribution in [2.24, 2.45) is 5.92 Å². The van der Waals surface area contributed by atoms with Crippen LogP contribution in [0.4, 0.5) is 4.79 Å². The molecule has 1 N–H and O–H groups in total. The van der Waals surface area contributed by atoms with Crippen molar-refractivity contribution in [3.63, 3.8) is 0 Å². The van der Waals surface area contributed by atoms with Crippen LogP contribution in [0, 0.1) is 5.92 Å². The van der Waals surface area contributed by atoms with E-state index in [0.29, 0.717) is 0 Å². The number of aliphatic hydroxyl groups is 1. The first-order valence-electron chi connectivity index (χ1n) is 5.48. The lowest BCUT2D eigenvalue weighted by Gasteiger charge is -2.24. The molecule has 6 nitrogen and oxygen atoms in total. The minimum Gasteiger partial charge on any atom is -0.469 e. The molecule has 0 spiro atoms. The highest BCUT2D eigenvalue weighted by molar-refractivity contribution is 5.76. The molecule has 1 rings (SSSR count). The van der Waals surface area contributed by atoms with Crippen molar-refractivity contribution in [1.29, 1.82) is 0 Å². The molecule has 2 atom stereocenters. The first-order chi connectivity index (χ1) is 7.74. The van der Waals surface area contributed by atoms with E-state index in [1.165, 1.54) is 12.0 Å². The van der Waals surface area contributed by atoms with Gasteiger partial charge in [0, 0.05) is 6.54 Å². The third-order valence-electron chi connectivity index (χ3n) is 2.44. The van der Waals surface area contributed by atoms with Crippen LogP contribution < -0.4 is 0 Å². The van der Waals surface area contributed by atoms with Gasteiger partial charge in [-0.2, -0.15) is 0 Å². The highest BCUT2D eigenvalue weighted by atomic mass is 16.6. The summed E-state index contributed by atoms with van der Waals surface area (Å²) >= 11 is 0. The zero-order valence-electron chi connectivity index (χ0n) is 10.6. The number of likely N-dealkylation sites (tertiary alicyclic amines) is 1. The summed E-state index contributed by atoms with van der Waals surface area (Å²) < 4.78 is 9.71. The monoisotopic (exact) mass is 245 g/mol. The van der Waals surface area contributed by atoms with Crippen LogP contribution in [0.25, 0.3) is 0 Å². The van der Waals surface area contributed by atoms with Gasteiger partial charge in [0.15, 0.2) is 0 Å². The molecule has 0 radical (unpaired) electrons. The van der Waals surface area contributed by atoms with Crippen molar-refractivity contribution in [3.8, 4) is 0 Å². The van der Waals surface area contributed by atoms with Gasteiger partial charge >= 0.3 is 12.1 Å². The average Bonchev–Trinajstić information content (AvgIpc) is 2.57. The zero-order chi connectivity index (χ0) is 13.2. The van der Waals surface area contributed by atoms with Gasteiger partial charge in [-0.3, -0.25) is 4.79 Å². The Morgan fingerprint density at radius 3 is 2.35 bits per heavy atom. The van der Waals surface area contributed by atoms with Crippen LogP contribution in [0.3, 0.4) is 0 Å². The molecule has 0 aromatic carbocycles.